The summed E-state index contributed by atoms with van der Waals surface area (Å²) in [7, 11) is 2.95. The van der Waals surface area contributed by atoms with Gasteiger partial charge in [0.15, 0.2) is 5.75 Å². The van der Waals surface area contributed by atoms with E-state index in [1.807, 2.05) is 0 Å². The number of thiophene rings is 1. The molecule has 0 aliphatic heterocycles. The zero-order chi connectivity index (χ0) is 14.0. The van der Waals surface area contributed by atoms with Gasteiger partial charge in [-0.2, -0.15) is 0 Å². The minimum absolute atomic E-state index is 0.221. The number of halogens is 2. The third kappa shape index (κ3) is 2.56. The number of rotatable bonds is 4. The van der Waals surface area contributed by atoms with Crippen LogP contribution in [0.2, 0.25) is 10.0 Å². The minimum Gasteiger partial charge on any atom is -0.495 e. The number of ketones is 1. The summed E-state index contributed by atoms with van der Waals surface area (Å²) in [4.78, 5) is 12.9. The molecular weight excluding hydrogens is 307 g/mol. The Bertz CT molecular complexity index is 622. The van der Waals surface area contributed by atoms with Crippen LogP contribution >= 0.6 is 34.5 Å². The van der Waals surface area contributed by atoms with Gasteiger partial charge in [0.1, 0.15) is 10.8 Å². The molecule has 0 N–H and O–H groups in total. The summed E-state index contributed by atoms with van der Waals surface area (Å²) in [6.45, 7) is 0. The molecule has 0 unspecified atom stereocenters. The molecule has 0 spiro atoms. The monoisotopic (exact) mass is 316 g/mol. The molecule has 2 aromatic rings. The van der Waals surface area contributed by atoms with Crippen LogP contribution in [0.1, 0.15) is 15.2 Å². The molecule has 1 aromatic heterocycles. The number of ether oxygens (including phenoxy) is 2. The molecule has 1 heterocycles. The fraction of sp³-hybridized carbons (Fsp3) is 0.154. The first-order chi connectivity index (χ1) is 9.10. The van der Waals surface area contributed by atoms with Gasteiger partial charge in [0, 0.05) is 0 Å². The fourth-order valence-corrected chi connectivity index (χ4v) is 3.07. The average Bonchev–Trinajstić information content (AvgIpc) is 2.83. The van der Waals surface area contributed by atoms with Crippen LogP contribution in [0.3, 0.4) is 0 Å². The van der Waals surface area contributed by atoms with E-state index >= 15 is 0 Å². The molecule has 6 heteroatoms. The van der Waals surface area contributed by atoms with Crippen molar-refractivity contribution in [1.29, 1.82) is 0 Å². The Kier molecular flexibility index (Phi) is 4.34. The highest BCUT2D eigenvalue weighted by atomic mass is 35.5. The van der Waals surface area contributed by atoms with Gasteiger partial charge in [-0.25, -0.2) is 0 Å². The number of methoxy groups -OCH3 is 2. The third-order valence-corrected chi connectivity index (χ3v) is 4.25. The van der Waals surface area contributed by atoms with Crippen molar-refractivity contribution in [3.05, 3.63) is 44.1 Å². The van der Waals surface area contributed by atoms with Crippen molar-refractivity contribution in [2.75, 3.05) is 14.2 Å². The molecule has 0 aliphatic rings. The lowest BCUT2D eigenvalue weighted by Gasteiger charge is -2.12. The van der Waals surface area contributed by atoms with Crippen LogP contribution in [0.5, 0.6) is 11.5 Å². The Hall–Kier alpha value is -1.23. The fourth-order valence-electron chi connectivity index (χ4n) is 1.65. The Labute approximate surface area is 124 Å². The first kappa shape index (κ1) is 14.2. The van der Waals surface area contributed by atoms with E-state index in [9.17, 15) is 4.79 Å². The largest absolute Gasteiger partial charge is 0.495 e. The summed E-state index contributed by atoms with van der Waals surface area (Å²) in [5.41, 5.74) is 0.359. The molecule has 0 saturated heterocycles. The second-order valence-corrected chi connectivity index (χ2v) is 5.29. The van der Waals surface area contributed by atoms with Gasteiger partial charge in [0.05, 0.1) is 29.7 Å². The van der Waals surface area contributed by atoms with Crippen LogP contribution < -0.4 is 9.47 Å². The van der Waals surface area contributed by atoms with E-state index in [1.165, 1.54) is 25.6 Å². The predicted molar refractivity (Wildman–Crippen MR) is 77.3 cm³/mol. The zero-order valence-corrected chi connectivity index (χ0v) is 12.5. The van der Waals surface area contributed by atoms with Crippen LogP contribution in [0.15, 0.2) is 23.6 Å². The number of carbonyl (C=O) groups is 1. The maximum atomic E-state index is 12.4. The van der Waals surface area contributed by atoms with Crippen LogP contribution in [-0.4, -0.2) is 20.0 Å². The molecule has 0 bridgehead atoms. The Morgan fingerprint density at radius 3 is 2.42 bits per heavy atom. The lowest BCUT2D eigenvalue weighted by atomic mass is 10.1. The normalized spacial score (nSPS) is 10.3. The molecule has 0 aliphatic carbocycles. The van der Waals surface area contributed by atoms with E-state index in [1.54, 1.807) is 23.6 Å². The summed E-state index contributed by atoms with van der Waals surface area (Å²) in [5.74, 6) is 0.518. The molecule has 0 radical (unpaired) electrons. The summed E-state index contributed by atoms with van der Waals surface area (Å²) >= 11 is 13.4. The average molecular weight is 317 g/mol. The maximum Gasteiger partial charge on any atom is 0.208 e. The van der Waals surface area contributed by atoms with Crippen molar-refractivity contribution in [3.63, 3.8) is 0 Å². The van der Waals surface area contributed by atoms with Crippen molar-refractivity contribution < 1.29 is 14.3 Å². The van der Waals surface area contributed by atoms with E-state index in [2.05, 4.69) is 0 Å². The van der Waals surface area contributed by atoms with Crippen molar-refractivity contribution in [1.82, 2.24) is 0 Å². The number of benzene rings is 1. The van der Waals surface area contributed by atoms with E-state index in [0.717, 1.165) is 0 Å². The van der Waals surface area contributed by atoms with Gasteiger partial charge in [-0.1, -0.05) is 23.2 Å². The van der Waals surface area contributed by atoms with Gasteiger partial charge < -0.3 is 9.47 Å². The van der Waals surface area contributed by atoms with Gasteiger partial charge in [0.25, 0.3) is 0 Å². The smallest absolute Gasteiger partial charge is 0.208 e. The highest BCUT2D eigenvalue weighted by Crippen LogP contribution is 2.38. The van der Waals surface area contributed by atoms with Gasteiger partial charge in [-0.3, -0.25) is 4.79 Å². The highest BCUT2D eigenvalue weighted by Gasteiger charge is 2.22. The van der Waals surface area contributed by atoms with E-state index in [-0.39, 0.29) is 16.6 Å². The molecule has 2 rings (SSSR count). The standard InChI is InChI=1S/C13H10Cl2O3S/c1-17-9-4-3-7(12(18-2)10(9)15)11(16)13-8(14)5-6-19-13/h3-6H,1-2H3. The highest BCUT2D eigenvalue weighted by molar-refractivity contribution is 7.13. The van der Waals surface area contributed by atoms with Crippen molar-refractivity contribution in [2.45, 2.75) is 0 Å². The summed E-state index contributed by atoms with van der Waals surface area (Å²) in [6, 6.07) is 4.92. The topological polar surface area (TPSA) is 35.5 Å². The maximum absolute atomic E-state index is 12.4. The SMILES string of the molecule is COc1ccc(C(=O)c2sccc2Cl)c(OC)c1Cl. The van der Waals surface area contributed by atoms with Gasteiger partial charge in [-0.05, 0) is 23.6 Å². The van der Waals surface area contributed by atoms with Crippen LogP contribution in [0.25, 0.3) is 0 Å². The first-order valence-corrected chi connectivity index (χ1v) is 6.91. The number of hydrogen-bond donors (Lipinski definition) is 0. The van der Waals surface area contributed by atoms with Crippen molar-refractivity contribution in [2.24, 2.45) is 0 Å². The Morgan fingerprint density at radius 1 is 1.16 bits per heavy atom. The van der Waals surface area contributed by atoms with Crippen molar-refractivity contribution >= 4 is 40.3 Å². The molecule has 100 valence electrons. The molecule has 0 fully saturated rings. The number of carbonyl (C=O) groups excluding carboxylic acids is 1. The van der Waals surface area contributed by atoms with E-state index in [0.29, 0.717) is 21.2 Å². The first-order valence-electron chi connectivity index (χ1n) is 5.28. The van der Waals surface area contributed by atoms with Crippen LogP contribution in [0.4, 0.5) is 0 Å². The van der Waals surface area contributed by atoms with Crippen molar-refractivity contribution in [3.8, 4) is 11.5 Å². The summed E-state index contributed by atoms with van der Waals surface area (Å²) < 4.78 is 10.3. The minimum atomic E-state index is -0.221. The Balaban J connectivity index is 2.54. The zero-order valence-electron chi connectivity index (χ0n) is 10.2. The molecular formula is C13H10Cl2O3S. The molecule has 0 amide bonds. The van der Waals surface area contributed by atoms with Gasteiger partial charge in [-0.15, -0.1) is 11.3 Å². The van der Waals surface area contributed by atoms with Crippen LogP contribution in [-0.2, 0) is 0 Å². The van der Waals surface area contributed by atoms with E-state index in [4.69, 9.17) is 32.7 Å². The second kappa shape index (κ2) is 5.82. The summed E-state index contributed by atoms with van der Waals surface area (Å²) in [5, 5.41) is 2.44. The Morgan fingerprint density at radius 2 is 1.89 bits per heavy atom. The predicted octanol–water partition coefficient (Wildman–Crippen LogP) is 4.30. The second-order valence-electron chi connectivity index (χ2n) is 3.59. The summed E-state index contributed by atoms with van der Waals surface area (Å²) in [6.07, 6.45) is 0. The third-order valence-electron chi connectivity index (χ3n) is 2.55. The quantitative estimate of drug-likeness (QED) is 0.789. The molecule has 1 aromatic carbocycles. The lowest BCUT2D eigenvalue weighted by molar-refractivity contribution is 0.103. The molecule has 3 nitrogen and oxygen atoms in total. The van der Waals surface area contributed by atoms with Gasteiger partial charge in [0.2, 0.25) is 5.78 Å². The van der Waals surface area contributed by atoms with E-state index < -0.39 is 0 Å². The van der Waals surface area contributed by atoms with Crippen LogP contribution in [0, 0.1) is 0 Å². The van der Waals surface area contributed by atoms with Gasteiger partial charge >= 0.3 is 0 Å². The molecule has 0 saturated carbocycles. The molecule has 0 atom stereocenters. The molecule has 19 heavy (non-hydrogen) atoms. The lowest BCUT2D eigenvalue weighted by Crippen LogP contribution is -2.04. The number of hydrogen-bond acceptors (Lipinski definition) is 4.